The number of anilines is 3. The van der Waals surface area contributed by atoms with Gasteiger partial charge < -0.3 is 34.7 Å². The Labute approximate surface area is 259 Å². The molecule has 0 saturated carbocycles. The van der Waals surface area contributed by atoms with Crippen LogP contribution in [0.4, 0.5) is 29.2 Å². The summed E-state index contributed by atoms with van der Waals surface area (Å²) in [6, 6.07) is 7.62. The van der Waals surface area contributed by atoms with E-state index in [0.717, 1.165) is 12.6 Å². The molecule has 16 nitrogen and oxygen atoms in total. The Morgan fingerprint density at radius 2 is 1.84 bits per heavy atom. The van der Waals surface area contributed by atoms with Gasteiger partial charge in [-0.25, -0.2) is 0 Å². The van der Waals surface area contributed by atoms with Crippen LogP contribution in [0.2, 0.25) is 0 Å². The number of carbonyl (C=O) groups excluding carboxylic acids is 3. The van der Waals surface area contributed by atoms with Crippen molar-refractivity contribution in [2.24, 2.45) is 16.1 Å². The van der Waals surface area contributed by atoms with Crippen molar-refractivity contribution in [3.8, 4) is 6.01 Å². The number of azo groups is 1. The van der Waals surface area contributed by atoms with Crippen LogP contribution in [0.3, 0.4) is 0 Å². The number of carbonyl (C=O) groups is 3. The van der Waals surface area contributed by atoms with E-state index in [1.807, 2.05) is 45.0 Å². The Balaban J connectivity index is 1.60. The van der Waals surface area contributed by atoms with Gasteiger partial charge in [-0.2, -0.15) is 24.6 Å². The SMILES string of the molecule is Cc1nc(/N=N\c2c(NCCCOC(=O)CC(C)C=O)nc(NCCC=O)nc2NC(C)(C)C)nn1-c1nc2ccccc2o1. The lowest BCUT2D eigenvalue weighted by Crippen LogP contribution is -2.27. The molecule has 3 N–H and O–H groups in total. The van der Waals surface area contributed by atoms with E-state index >= 15 is 0 Å². The summed E-state index contributed by atoms with van der Waals surface area (Å²) in [6.07, 6.45) is 2.27. The highest BCUT2D eigenvalue weighted by molar-refractivity contribution is 5.76. The molecule has 0 aliphatic heterocycles. The van der Waals surface area contributed by atoms with Gasteiger partial charge in [0.25, 0.3) is 5.95 Å². The molecule has 16 heteroatoms. The highest BCUT2D eigenvalue weighted by Gasteiger charge is 2.21. The van der Waals surface area contributed by atoms with Gasteiger partial charge in [0.15, 0.2) is 22.9 Å². The van der Waals surface area contributed by atoms with Gasteiger partial charge in [0.05, 0.1) is 13.0 Å². The van der Waals surface area contributed by atoms with Crippen molar-refractivity contribution in [1.82, 2.24) is 29.7 Å². The standard InChI is InChI=1S/C29H37N11O5/c1-18(17-42)16-22(43)44-15-9-13-30-24-23(25(36-29(3,4)5)35-26(34-24)31-12-8-14-41)37-38-27-32-19(2)40(39-27)28-33-20-10-6-7-11-21(20)45-28/h6-7,10-11,14,17-18H,8-9,12-13,15-16H2,1-5H3,(H3,30,31,34,35,36)/b38-37-. The van der Waals surface area contributed by atoms with Crippen LogP contribution in [-0.2, 0) is 19.1 Å². The summed E-state index contributed by atoms with van der Waals surface area (Å²) in [5, 5.41) is 22.7. The van der Waals surface area contributed by atoms with Crippen LogP contribution in [0, 0.1) is 12.8 Å². The zero-order chi connectivity index (χ0) is 32.4. The number of oxazole rings is 1. The third-order valence-electron chi connectivity index (χ3n) is 5.98. The summed E-state index contributed by atoms with van der Waals surface area (Å²) >= 11 is 0. The number of aromatic nitrogens is 6. The van der Waals surface area contributed by atoms with E-state index in [2.05, 4.69) is 51.2 Å². The number of esters is 1. The van der Waals surface area contributed by atoms with E-state index < -0.39 is 17.4 Å². The molecule has 0 aliphatic carbocycles. The second-order valence-corrected chi connectivity index (χ2v) is 11.2. The molecule has 0 radical (unpaired) electrons. The van der Waals surface area contributed by atoms with Crippen molar-refractivity contribution in [3.05, 3.63) is 30.1 Å². The third-order valence-corrected chi connectivity index (χ3v) is 5.98. The minimum absolute atomic E-state index is 0.0285. The first-order valence-electron chi connectivity index (χ1n) is 14.5. The average Bonchev–Trinajstić information content (AvgIpc) is 3.58. The molecule has 1 aromatic carbocycles. The maximum absolute atomic E-state index is 11.9. The van der Waals surface area contributed by atoms with E-state index in [1.54, 1.807) is 13.8 Å². The van der Waals surface area contributed by atoms with Crippen LogP contribution in [0.1, 0.15) is 52.8 Å². The van der Waals surface area contributed by atoms with Gasteiger partial charge in [-0.05, 0) is 46.2 Å². The summed E-state index contributed by atoms with van der Waals surface area (Å²) < 4.78 is 12.5. The minimum atomic E-state index is -0.440. The number of aryl methyl sites for hydroxylation is 1. The summed E-state index contributed by atoms with van der Waals surface area (Å²) in [5.74, 6) is 0.699. The van der Waals surface area contributed by atoms with Crippen molar-refractivity contribution in [1.29, 1.82) is 0 Å². The van der Waals surface area contributed by atoms with Crippen molar-refractivity contribution in [3.63, 3.8) is 0 Å². The number of hydrogen-bond donors (Lipinski definition) is 3. The number of para-hydroxylation sites is 2. The first-order valence-corrected chi connectivity index (χ1v) is 14.5. The fourth-order valence-corrected chi connectivity index (χ4v) is 3.92. The van der Waals surface area contributed by atoms with E-state index in [1.165, 1.54) is 4.68 Å². The predicted molar refractivity (Wildman–Crippen MR) is 166 cm³/mol. The topological polar surface area (TPSA) is 204 Å². The van der Waals surface area contributed by atoms with Gasteiger partial charge in [-0.1, -0.05) is 19.1 Å². The molecule has 238 valence electrons. The molecular formula is C29H37N11O5. The van der Waals surface area contributed by atoms with Crippen molar-refractivity contribution < 1.29 is 23.5 Å². The molecule has 1 unspecified atom stereocenters. The Bertz CT molecular complexity index is 1630. The molecule has 1 atom stereocenters. The number of hydrogen-bond acceptors (Lipinski definition) is 15. The van der Waals surface area contributed by atoms with Crippen LogP contribution >= 0.6 is 0 Å². The number of fused-ring (bicyclic) bond motifs is 1. The normalized spacial score (nSPS) is 12.3. The molecule has 3 aromatic heterocycles. The fraction of sp³-hybridized carbons (Fsp3) is 0.448. The van der Waals surface area contributed by atoms with E-state index in [0.29, 0.717) is 53.8 Å². The molecule has 0 bridgehead atoms. The first-order chi connectivity index (χ1) is 21.6. The number of rotatable bonds is 16. The van der Waals surface area contributed by atoms with Crippen molar-refractivity contribution >= 4 is 58.9 Å². The number of nitrogens with one attached hydrogen (secondary N) is 3. The molecular weight excluding hydrogens is 582 g/mol. The lowest BCUT2D eigenvalue weighted by molar-refractivity contribution is -0.145. The Morgan fingerprint density at radius 1 is 1.07 bits per heavy atom. The fourth-order valence-electron chi connectivity index (χ4n) is 3.92. The summed E-state index contributed by atoms with van der Waals surface area (Å²) in [5.41, 5.74) is 1.18. The zero-order valence-corrected chi connectivity index (χ0v) is 25.9. The summed E-state index contributed by atoms with van der Waals surface area (Å²) in [6.45, 7) is 10.2. The Kier molecular flexibility index (Phi) is 10.8. The molecule has 3 heterocycles. The maximum Gasteiger partial charge on any atom is 0.325 e. The van der Waals surface area contributed by atoms with Crippen LogP contribution in [0.25, 0.3) is 17.1 Å². The lowest BCUT2D eigenvalue weighted by Gasteiger charge is -2.23. The number of ether oxygens (including phenoxy) is 1. The quantitative estimate of drug-likeness (QED) is 0.0674. The van der Waals surface area contributed by atoms with Crippen LogP contribution in [0.5, 0.6) is 0 Å². The second kappa shape index (κ2) is 14.9. The molecule has 0 aliphatic rings. The van der Waals surface area contributed by atoms with Crippen LogP contribution in [-0.4, -0.2) is 73.5 Å². The highest BCUT2D eigenvalue weighted by atomic mass is 16.5. The van der Waals surface area contributed by atoms with Gasteiger partial charge in [0.2, 0.25) is 5.95 Å². The first kappa shape index (κ1) is 32.6. The molecule has 0 fully saturated rings. The van der Waals surface area contributed by atoms with Gasteiger partial charge in [0, 0.05) is 31.0 Å². The number of nitrogens with zero attached hydrogens (tertiary/aromatic N) is 8. The predicted octanol–water partition coefficient (Wildman–Crippen LogP) is 4.70. The summed E-state index contributed by atoms with van der Waals surface area (Å²) in [4.78, 5) is 51.6. The molecule has 4 aromatic rings. The summed E-state index contributed by atoms with van der Waals surface area (Å²) in [7, 11) is 0. The molecule has 0 saturated heterocycles. The van der Waals surface area contributed by atoms with E-state index in [4.69, 9.17) is 9.15 Å². The smallest absolute Gasteiger partial charge is 0.325 e. The van der Waals surface area contributed by atoms with E-state index in [9.17, 15) is 14.4 Å². The zero-order valence-electron chi connectivity index (χ0n) is 25.9. The van der Waals surface area contributed by atoms with Gasteiger partial charge >= 0.3 is 12.0 Å². The monoisotopic (exact) mass is 619 g/mol. The van der Waals surface area contributed by atoms with Gasteiger partial charge in [-0.3, -0.25) is 4.79 Å². The Morgan fingerprint density at radius 3 is 2.58 bits per heavy atom. The van der Waals surface area contributed by atoms with Crippen molar-refractivity contribution in [2.75, 3.05) is 35.6 Å². The molecule has 4 rings (SSSR count). The molecule has 0 spiro atoms. The number of aldehydes is 2. The second-order valence-electron chi connectivity index (χ2n) is 11.2. The average molecular weight is 620 g/mol. The van der Waals surface area contributed by atoms with Crippen molar-refractivity contribution in [2.45, 2.75) is 59.4 Å². The molecule has 45 heavy (non-hydrogen) atoms. The van der Waals surface area contributed by atoms with Crippen LogP contribution < -0.4 is 16.0 Å². The van der Waals surface area contributed by atoms with E-state index in [-0.39, 0.29) is 37.4 Å². The van der Waals surface area contributed by atoms with Gasteiger partial charge in [0.1, 0.15) is 23.9 Å². The Hall–Kier alpha value is -5.28. The molecule has 0 amide bonds. The highest BCUT2D eigenvalue weighted by Crippen LogP contribution is 2.35. The largest absolute Gasteiger partial charge is 0.466 e. The van der Waals surface area contributed by atoms with Crippen LogP contribution in [0.15, 0.2) is 38.9 Å². The third kappa shape index (κ3) is 9.35. The maximum atomic E-state index is 11.9. The van der Waals surface area contributed by atoms with Gasteiger partial charge in [-0.15, -0.1) is 15.3 Å². The minimum Gasteiger partial charge on any atom is -0.466 e. The number of benzene rings is 1. The lowest BCUT2D eigenvalue weighted by atomic mass is 10.1.